The molecule has 8 heteroatoms. The summed E-state index contributed by atoms with van der Waals surface area (Å²) in [5, 5.41) is 21.5. The minimum absolute atomic E-state index is 0.160. The van der Waals surface area contributed by atoms with Crippen LogP contribution in [0.4, 0.5) is 0 Å². The Morgan fingerprint density at radius 2 is 1.94 bits per heavy atom. The van der Waals surface area contributed by atoms with E-state index in [0.717, 1.165) is 0 Å². The van der Waals surface area contributed by atoms with Crippen molar-refractivity contribution in [1.82, 2.24) is 0 Å². The number of rotatable bonds is 3. The van der Waals surface area contributed by atoms with Crippen molar-refractivity contribution in [3.8, 4) is 0 Å². The van der Waals surface area contributed by atoms with E-state index in [-0.39, 0.29) is 30.0 Å². The first kappa shape index (κ1) is 23.6. The number of fused-ring (bicyclic) bond motifs is 7. The third kappa shape index (κ3) is 2.89. The van der Waals surface area contributed by atoms with E-state index in [1.165, 1.54) is 19.1 Å². The summed E-state index contributed by atoms with van der Waals surface area (Å²) in [4.78, 5) is 37.5. The first-order chi connectivity index (χ1) is 15.8. The van der Waals surface area contributed by atoms with Crippen LogP contribution in [0.25, 0.3) is 0 Å². The molecule has 0 aromatic carbocycles. The summed E-state index contributed by atoms with van der Waals surface area (Å²) in [6.45, 7) is 8.00. The lowest BCUT2D eigenvalue weighted by Gasteiger charge is -2.58. The zero-order chi connectivity index (χ0) is 24.8. The molecule has 3 fully saturated rings. The number of esters is 1. The molecule has 5 rings (SSSR count). The van der Waals surface area contributed by atoms with Crippen molar-refractivity contribution < 1.29 is 38.8 Å². The van der Waals surface area contributed by atoms with Gasteiger partial charge in [-0.2, -0.15) is 0 Å². The Hall–Kier alpha value is -2.13. The van der Waals surface area contributed by atoms with Crippen molar-refractivity contribution in [3.05, 3.63) is 35.6 Å². The fourth-order valence-corrected chi connectivity index (χ4v) is 7.84. The van der Waals surface area contributed by atoms with Gasteiger partial charge in [-0.3, -0.25) is 14.4 Å². The Labute approximate surface area is 198 Å². The fourth-order valence-electron chi connectivity index (χ4n) is 7.84. The first-order valence-corrected chi connectivity index (χ1v) is 11.9. The second kappa shape index (κ2) is 7.20. The van der Waals surface area contributed by atoms with Crippen molar-refractivity contribution >= 4 is 17.5 Å². The minimum atomic E-state index is -1.40. The summed E-state index contributed by atoms with van der Waals surface area (Å²) in [5.74, 6) is -2.61. The predicted molar refractivity (Wildman–Crippen MR) is 119 cm³/mol. The monoisotopic (exact) mass is 472 g/mol. The number of ketones is 2. The van der Waals surface area contributed by atoms with Gasteiger partial charge in [0.2, 0.25) is 0 Å². The molecule has 0 bridgehead atoms. The lowest BCUT2D eigenvalue weighted by Crippen LogP contribution is -2.63. The zero-order valence-electron chi connectivity index (χ0n) is 20.2. The number of aliphatic hydroxyl groups is 2. The zero-order valence-corrected chi connectivity index (χ0v) is 20.2. The van der Waals surface area contributed by atoms with Crippen LogP contribution in [0.15, 0.2) is 35.6 Å². The van der Waals surface area contributed by atoms with E-state index in [0.29, 0.717) is 17.8 Å². The molecule has 0 radical (unpaired) electrons. The van der Waals surface area contributed by atoms with Gasteiger partial charge in [0.05, 0.1) is 12.2 Å². The van der Waals surface area contributed by atoms with Gasteiger partial charge in [0.25, 0.3) is 0 Å². The van der Waals surface area contributed by atoms with Crippen LogP contribution in [0.5, 0.6) is 0 Å². The van der Waals surface area contributed by atoms with E-state index in [1.54, 1.807) is 19.9 Å². The average molecular weight is 473 g/mol. The van der Waals surface area contributed by atoms with Crippen LogP contribution in [-0.2, 0) is 28.6 Å². The summed E-state index contributed by atoms with van der Waals surface area (Å²) in [6, 6.07) is 0. The summed E-state index contributed by atoms with van der Waals surface area (Å²) >= 11 is 0. The Morgan fingerprint density at radius 3 is 2.59 bits per heavy atom. The van der Waals surface area contributed by atoms with Gasteiger partial charge in [-0.25, -0.2) is 0 Å². The molecule has 2 saturated carbocycles. The van der Waals surface area contributed by atoms with Crippen LogP contribution in [0.2, 0.25) is 0 Å². The maximum absolute atomic E-state index is 13.3. The van der Waals surface area contributed by atoms with Crippen molar-refractivity contribution in [2.75, 3.05) is 6.61 Å². The molecule has 0 aromatic heterocycles. The topological polar surface area (TPSA) is 119 Å². The lowest BCUT2D eigenvalue weighted by atomic mass is 9.47. The molecule has 0 unspecified atom stereocenters. The Balaban J connectivity index is 1.68. The third-order valence-corrected chi connectivity index (χ3v) is 8.92. The van der Waals surface area contributed by atoms with Crippen molar-refractivity contribution in [2.45, 2.75) is 71.1 Å². The highest BCUT2D eigenvalue weighted by Gasteiger charge is 2.76. The van der Waals surface area contributed by atoms with Crippen LogP contribution in [0, 0.1) is 28.6 Å². The second-order valence-corrected chi connectivity index (χ2v) is 11.3. The third-order valence-electron chi connectivity index (χ3n) is 8.92. The molecular formula is C26H32O8. The van der Waals surface area contributed by atoms with Gasteiger partial charge < -0.3 is 24.4 Å². The molecule has 0 amide bonds. The number of carbonyl (C=O) groups excluding carboxylic acids is 3. The standard InChI is InChI=1S/C26H32O8/c1-13(28)32-19-9-15-16-10-21-26(20(31)12-27,34-23(2,3)33-21)25(16,5)11-18(30)22(15)24(4)7-6-14(29)8-17(19)24/h6-9,15-16,18,21-22,27,30H,10-12H2,1-5H3/t15-,16-,18-,21+,22+,24-,25-,26+/m0/s1. The van der Waals surface area contributed by atoms with Crippen LogP contribution in [0.3, 0.4) is 0 Å². The average Bonchev–Trinajstić information content (AvgIpc) is 3.14. The molecule has 1 saturated heterocycles. The first-order valence-electron chi connectivity index (χ1n) is 11.9. The Kier molecular flexibility index (Phi) is 5.00. The van der Waals surface area contributed by atoms with E-state index in [2.05, 4.69) is 0 Å². The molecule has 0 aromatic rings. The van der Waals surface area contributed by atoms with Crippen LogP contribution < -0.4 is 0 Å². The SMILES string of the molecule is CC(=O)OC1=C[C@@H]2[C@H]([C@@H](O)C[C@@]3(C)[C@H]2C[C@H]2OC(C)(C)O[C@]23C(=O)CO)[C@@]2(C)C=CC(=O)C=C12. The molecule has 0 spiro atoms. The van der Waals surface area contributed by atoms with E-state index < -0.39 is 52.8 Å². The maximum atomic E-state index is 13.3. The molecule has 8 atom stereocenters. The van der Waals surface area contributed by atoms with Crippen molar-refractivity contribution in [1.29, 1.82) is 0 Å². The Bertz CT molecular complexity index is 1070. The van der Waals surface area contributed by atoms with E-state index in [9.17, 15) is 24.6 Å². The number of Topliss-reactive ketones (excluding diaryl/α,β-unsaturated/α-hetero) is 1. The molecule has 5 aliphatic rings. The predicted octanol–water partition coefficient (Wildman–Crippen LogP) is 1.99. The summed E-state index contributed by atoms with van der Waals surface area (Å²) in [6.07, 6.45) is 5.92. The van der Waals surface area contributed by atoms with Gasteiger partial charge in [0.15, 0.2) is 23.0 Å². The van der Waals surface area contributed by atoms with Gasteiger partial charge in [-0.1, -0.05) is 19.9 Å². The summed E-state index contributed by atoms with van der Waals surface area (Å²) < 4.78 is 18.1. The maximum Gasteiger partial charge on any atom is 0.308 e. The summed E-state index contributed by atoms with van der Waals surface area (Å²) in [7, 11) is 0. The van der Waals surface area contributed by atoms with Crippen molar-refractivity contribution in [2.24, 2.45) is 28.6 Å². The summed E-state index contributed by atoms with van der Waals surface area (Å²) in [5.41, 5.74) is -2.40. The molecule has 4 aliphatic carbocycles. The van der Waals surface area contributed by atoms with Gasteiger partial charge in [0, 0.05) is 29.2 Å². The number of carbonyl (C=O) groups is 3. The molecule has 2 N–H and O–H groups in total. The highest BCUT2D eigenvalue weighted by atomic mass is 16.8. The van der Waals surface area contributed by atoms with Gasteiger partial charge in [-0.15, -0.1) is 0 Å². The Morgan fingerprint density at radius 1 is 1.24 bits per heavy atom. The highest BCUT2D eigenvalue weighted by molar-refractivity contribution is 6.02. The number of hydrogen-bond donors (Lipinski definition) is 2. The number of ether oxygens (including phenoxy) is 3. The molecular weight excluding hydrogens is 440 g/mol. The molecule has 184 valence electrons. The quantitative estimate of drug-likeness (QED) is 0.599. The number of allylic oxidation sites excluding steroid dienone is 5. The smallest absolute Gasteiger partial charge is 0.308 e. The van der Waals surface area contributed by atoms with Gasteiger partial charge in [-0.05, 0) is 56.8 Å². The van der Waals surface area contributed by atoms with E-state index in [1.807, 2.05) is 19.9 Å². The molecule has 8 nitrogen and oxygen atoms in total. The second-order valence-electron chi connectivity index (χ2n) is 11.3. The lowest BCUT2D eigenvalue weighted by molar-refractivity contribution is -0.221. The highest BCUT2D eigenvalue weighted by Crippen LogP contribution is 2.69. The minimum Gasteiger partial charge on any atom is -0.427 e. The van der Waals surface area contributed by atoms with E-state index >= 15 is 0 Å². The largest absolute Gasteiger partial charge is 0.427 e. The number of hydrogen-bond acceptors (Lipinski definition) is 8. The van der Waals surface area contributed by atoms with Crippen LogP contribution in [-0.4, -0.2) is 58.0 Å². The van der Waals surface area contributed by atoms with Gasteiger partial charge >= 0.3 is 5.97 Å². The normalized spacial score (nSPS) is 46.0. The molecule has 1 heterocycles. The molecule has 1 aliphatic heterocycles. The van der Waals surface area contributed by atoms with Crippen molar-refractivity contribution in [3.63, 3.8) is 0 Å². The van der Waals surface area contributed by atoms with Crippen LogP contribution in [0.1, 0.15) is 47.5 Å². The molecule has 34 heavy (non-hydrogen) atoms. The van der Waals surface area contributed by atoms with Crippen LogP contribution >= 0.6 is 0 Å². The van der Waals surface area contributed by atoms with Gasteiger partial charge in [0.1, 0.15) is 12.4 Å². The number of aliphatic hydroxyl groups excluding tert-OH is 2. The van der Waals surface area contributed by atoms with E-state index in [4.69, 9.17) is 14.2 Å². The fraction of sp³-hybridized carbons (Fsp3) is 0.654.